The fourth-order valence-corrected chi connectivity index (χ4v) is 2.52. The van der Waals surface area contributed by atoms with Gasteiger partial charge in [0.25, 0.3) is 5.91 Å². The fourth-order valence-electron chi connectivity index (χ4n) is 2.52. The van der Waals surface area contributed by atoms with E-state index in [2.05, 4.69) is 20.5 Å². The molecule has 0 atom stereocenters. The number of amides is 1. The van der Waals surface area contributed by atoms with Crippen LogP contribution in [0.5, 0.6) is 11.5 Å². The van der Waals surface area contributed by atoms with Crippen molar-refractivity contribution in [1.82, 2.24) is 15.2 Å². The molecule has 0 aliphatic rings. The van der Waals surface area contributed by atoms with Gasteiger partial charge in [0.05, 0.1) is 19.8 Å². The molecule has 1 aromatic carbocycles. The molecule has 2 rings (SSSR count). The molecule has 0 fully saturated rings. The van der Waals surface area contributed by atoms with Crippen LogP contribution in [0.4, 0.5) is 5.82 Å². The molecule has 2 N–H and O–H groups in total. The fraction of sp³-hybridized carbons (Fsp3) is 0.400. The number of carbonyl (C=O) groups is 1. The van der Waals surface area contributed by atoms with Crippen LogP contribution in [-0.2, 0) is 6.54 Å². The predicted molar refractivity (Wildman–Crippen MR) is 107 cm³/mol. The summed E-state index contributed by atoms with van der Waals surface area (Å²) < 4.78 is 10.5. The summed E-state index contributed by atoms with van der Waals surface area (Å²) in [6, 6.07) is 9.14. The van der Waals surface area contributed by atoms with Crippen LogP contribution < -0.4 is 20.1 Å². The van der Waals surface area contributed by atoms with Gasteiger partial charge in [0.15, 0.2) is 11.5 Å². The monoisotopic (exact) mass is 372 g/mol. The third kappa shape index (κ3) is 6.45. The van der Waals surface area contributed by atoms with Gasteiger partial charge < -0.3 is 25.0 Å². The van der Waals surface area contributed by atoms with Gasteiger partial charge in [-0.05, 0) is 56.9 Å². The molecule has 0 spiro atoms. The third-order valence-electron chi connectivity index (χ3n) is 4.01. The first-order chi connectivity index (χ1) is 13.0. The minimum Gasteiger partial charge on any atom is -0.493 e. The van der Waals surface area contributed by atoms with Crippen molar-refractivity contribution in [3.63, 3.8) is 0 Å². The maximum atomic E-state index is 12.3. The van der Waals surface area contributed by atoms with E-state index in [0.717, 1.165) is 30.9 Å². The van der Waals surface area contributed by atoms with Gasteiger partial charge in [-0.15, -0.1) is 0 Å². The quantitative estimate of drug-likeness (QED) is 0.624. The van der Waals surface area contributed by atoms with Crippen LogP contribution in [0.15, 0.2) is 36.5 Å². The molecule has 7 nitrogen and oxygen atoms in total. The number of ether oxygens (including phenoxy) is 2. The van der Waals surface area contributed by atoms with Crippen LogP contribution in [0.3, 0.4) is 0 Å². The van der Waals surface area contributed by atoms with Gasteiger partial charge in [0.2, 0.25) is 0 Å². The van der Waals surface area contributed by atoms with Gasteiger partial charge in [0.1, 0.15) is 5.82 Å². The molecule has 146 valence electrons. The summed E-state index contributed by atoms with van der Waals surface area (Å²) in [5, 5.41) is 6.14. The van der Waals surface area contributed by atoms with Crippen molar-refractivity contribution in [2.24, 2.45) is 0 Å². The molecule has 0 unspecified atom stereocenters. The minimum atomic E-state index is -0.170. The second kappa shape index (κ2) is 10.4. The highest BCUT2D eigenvalue weighted by Crippen LogP contribution is 2.27. The van der Waals surface area contributed by atoms with Crippen molar-refractivity contribution >= 4 is 11.7 Å². The molecule has 0 radical (unpaired) electrons. The van der Waals surface area contributed by atoms with Crippen molar-refractivity contribution in [2.45, 2.75) is 13.0 Å². The SMILES string of the molecule is COc1ccc(CNC(=O)c2ccc(NCCCN(C)C)nc2)cc1OC. The van der Waals surface area contributed by atoms with E-state index in [-0.39, 0.29) is 5.91 Å². The molecule has 7 heteroatoms. The first kappa shape index (κ1) is 20.5. The first-order valence-corrected chi connectivity index (χ1v) is 8.87. The maximum absolute atomic E-state index is 12.3. The van der Waals surface area contributed by atoms with Crippen LogP contribution in [0.2, 0.25) is 0 Å². The zero-order valence-corrected chi connectivity index (χ0v) is 16.4. The summed E-state index contributed by atoms with van der Waals surface area (Å²) >= 11 is 0. The Balaban J connectivity index is 1.85. The Morgan fingerprint density at radius 1 is 1.11 bits per heavy atom. The van der Waals surface area contributed by atoms with Crippen LogP contribution in [0.25, 0.3) is 0 Å². The number of anilines is 1. The molecule has 2 aromatic rings. The number of aromatic nitrogens is 1. The lowest BCUT2D eigenvalue weighted by molar-refractivity contribution is 0.0950. The normalized spacial score (nSPS) is 10.6. The Labute approximate surface area is 160 Å². The second-order valence-corrected chi connectivity index (χ2v) is 6.39. The van der Waals surface area contributed by atoms with Crippen molar-refractivity contribution in [3.8, 4) is 11.5 Å². The van der Waals surface area contributed by atoms with Gasteiger partial charge >= 0.3 is 0 Å². The molecule has 27 heavy (non-hydrogen) atoms. The minimum absolute atomic E-state index is 0.170. The van der Waals surface area contributed by atoms with Crippen molar-refractivity contribution in [1.29, 1.82) is 0 Å². The largest absolute Gasteiger partial charge is 0.493 e. The lowest BCUT2D eigenvalue weighted by Gasteiger charge is -2.11. The maximum Gasteiger partial charge on any atom is 0.253 e. The summed E-state index contributed by atoms with van der Waals surface area (Å²) in [7, 11) is 7.27. The van der Waals surface area contributed by atoms with Crippen molar-refractivity contribution in [3.05, 3.63) is 47.7 Å². The molecule has 0 saturated carbocycles. The summed E-state index contributed by atoms with van der Waals surface area (Å²) in [5.74, 6) is 1.89. The Hall–Kier alpha value is -2.80. The number of nitrogens with zero attached hydrogens (tertiary/aromatic N) is 2. The van der Waals surface area contributed by atoms with Crippen LogP contribution in [0, 0.1) is 0 Å². The summed E-state index contributed by atoms with van der Waals surface area (Å²) in [6.07, 6.45) is 2.61. The Bertz CT molecular complexity index is 733. The highest BCUT2D eigenvalue weighted by atomic mass is 16.5. The number of nitrogens with one attached hydrogen (secondary N) is 2. The standard InChI is InChI=1S/C20H28N4O3/c1-24(2)11-5-10-21-19-9-7-16(14-22-19)20(25)23-13-15-6-8-17(26-3)18(12-15)27-4/h6-9,12,14H,5,10-11,13H2,1-4H3,(H,21,22)(H,23,25). The molecular formula is C20H28N4O3. The number of hydrogen-bond acceptors (Lipinski definition) is 6. The summed E-state index contributed by atoms with van der Waals surface area (Å²) in [4.78, 5) is 18.7. The molecule has 1 aromatic heterocycles. The molecular weight excluding hydrogens is 344 g/mol. The lowest BCUT2D eigenvalue weighted by Crippen LogP contribution is -2.23. The van der Waals surface area contributed by atoms with E-state index in [9.17, 15) is 4.79 Å². The Kier molecular flexibility index (Phi) is 7.88. The van der Waals surface area contributed by atoms with Gasteiger partial charge in [0, 0.05) is 19.3 Å². The predicted octanol–water partition coefficient (Wildman–Crippen LogP) is 2.39. The highest BCUT2D eigenvalue weighted by Gasteiger charge is 2.08. The highest BCUT2D eigenvalue weighted by molar-refractivity contribution is 5.94. The lowest BCUT2D eigenvalue weighted by atomic mass is 10.2. The van der Waals surface area contributed by atoms with Gasteiger partial charge in [-0.25, -0.2) is 4.98 Å². The third-order valence-corrected chi connectivity index (χ3v) is 4.01. The molecule has 0 aliphatic carbocycles. The zero-order chi connectivity index (χ0) is 19.6. The number of carbonyl (C=O) groups excluding carboxylic acids is 1. The number of pyridine rings is 1. The Morgan fingerprint density at radius 3 is 2.52 bits per heavy atom. The van der Waals surface area contributed by atoms with E-state index in [1.165, 1.54) is 0 Å². The van der Waals surface area contributed by atoms with Crippen LogP contribution >= 0.6 is 0 Å². The first-order valence-electron chi connectivity index (χ1n) is 8.87. The number of hydrogen-bond donors (Lipinski definition) is 2. The van der Waals surface area contributed by atoms with Crippen molar-refractivity contribution < 1.29 is 14.3 Å². The van der Waals surface area contributed by atoms with Crippen LogP contribution in [0.1, 0.15) is 22.3 Å². The number of rotatable bonds is 10. The average molecular weight is 372 g/mol. The van der Waals surface area contributed by atoms with E-state index in [1.807, 2.05) is 38.4 Å². The average Bonchev–Trinajstić information content (AvgIpc) is 2.69. The number of methoxy groups -OCH3 is 2. The Morgan fingerprint density at radius 2 is 1.89 bits per heavy atom. The van der Waals surface area contributed by atoms with E-state index in [1.54, 1.807) is 26.5 Å². The van der Waals surface area contributed by atoms with E-state index < -0.39 is 0 Å². The summed E-state index contributed by atoms with van der Waals surface area (Å²) in [6.45, 7) is 2.25. The van der Waals surface area contributed by atoms with Gasteiger partial charge in [-0.2, -0.15) is 0 Å². The number of benzene rings is 1. The van der Waals surface area contributed by atoms with Gasteiger partial charge in [-0.3, -0.25) is 4.79 Å². The van der Waals surface area contributed by atoms with Crippen LogP contribution in [-0.4, -0.2) is 57.2 Å². The molecule has 0 saturated heterocycles. The molecule has 1 heterocycles. The van der Waals surface area contributed by atoms with Crippen molar-refractivity contribution in [2.75, 3.05) is 46.7 Å². The van der Waals surface area contributed by atoms with Gasteiger partial charge in [-0.1, -0.05) is 6.07 Å². The molecule has 0 bridgehead atoms. The van der Waals surface area contributed by atoms with E-state index in [0.29, 0.717) is 23.6 Å². The topological polar surface area (TPSA) is 75.7 Å². The van der Waals surface area contributed by atoms with E-state index in [4.69, 9.17) is 9.47 Å². The molecule has 1 amide bonds. The molecule has 0 aliphatic heterocycles. The summed E-state index contributed by atoms with van der Waals surface area (Å²) in [5.41, 5.74) is 1.45. The van der Waals surface area contributed by atoms with E-state index >= 15 is 0 Å². The zero-order valence-electron chi connectivity index (χ0n) is 16.4. The smallest absolute Gasteiger partial charge is 0.253 e. The second-order valence-electron chi connectivity index (χ2n) is 6.39.